The summed E-state index contributed by atoms with van der Waals surface area (Å²) in [6, 6.07) is 7.63. The Kier molecular flexibility index (Phi) is 7.73. The van der Waals surface area contributed by atoms with E-state index >= 15 is 0 Å². The molecule has 1 aromatic rings. The molecule has 112 valence electrons. The SMILES string of the molecule is CC(C)CCOCCNC(=O)CCc1ccc(N)cc1. The maximum atomic E-state index is 11.6. The molecule has 0 saturated heterocycles. The van der Waals surface area contributed by atoms with Gasteiger partial charge in [-0.2, -0.15) is 0 Å². The first-order chi connectivity index (χ1) is 9.58. The second-order valence-electron chi connectivity index (χ2n) is 5.39. The Morgan fingerprint density at radius 2 is 1.95 bits per heavy atom. The Morgan fingerprint density at radius 3 is 2.60 bits per heavy atom. The lowest BCUT2D eigenvalue weighted by Crippen LogP contribution is -2.27. The number of anilines is 1. The molecule has 0 radical (unpaired) electrons. The molecule has 0 bridgehead atoms. The van der Waals surface area contributed by atoms with Crippen molar-refractivity contribution in [3.8, 4) is 0 Å². The average molecular weight is 278 g/mol. The van der Waals surface area contributed by atoms with Gasteiger partial charge >= 0.3 is 0 Å². The number of carbonyl (C=O) groups is 1. The highest BCUT2D eigenvalue weighted by molar-refractivity contribution is 5.76. The highest BCUT2D eigenvalue weighted by Crippen LogP contribution is 2.07. The Balaban J connectivity index is 2.04. The highest BCUT2D eigenvalue weighted by Gasteiger charge is 2.02. The van der Waals surface area contributed by atoms with Gasteiger partial charge in [-0.15, -0.1) is 0 Å². The van der Waals surface area contributed by atoms with E-state index in [1.807, 2.05) is 24.3 Å². The minimum atomic E-state index is 0.0642. The quantitative estimate of drug-likeness (QED) is 0.538. The highest BCUT2D eigenvalue weighted by atomic mass is 16.5. The maximum absolute atomic E-state index is 11.6. The van der Waals surface area contributed by atoms with Crippen molar-refractivity contribution in [2.75, 3.05) is 25.5 Å². The smallest absolute Gasteiger partial charge is 0.220 e. The van der Waals surface area contributed by atoms with Crippen LogP contribution in [0.4, 0.5) is 5.69 Å². The van der Waals surface area contributed by atoms with Crippen molar-refractivity contribution in [1.82, 2.24) is 5.32 Å². The van der Waals surface area contributed by atoms with Gasteiger partial charge in [0.25, 0.3) is 0 Å². The zero-order chi connectivity index (χ0) is 14.8. The lowest BCUT2D eigenvalue weighted by molar-refractivity contribution is -0.121. The fourth-order valence-electron chi connectivity index (χ4n) is 1.71. The number of nitrogens with one attached hydrogen (secondary N) is 1. The summed E-state index contributed by atoms with van der Waals surface area (Å²) in [7, 11) is 0. The summed E-state index contributed by atoms with van der Waals surface area (Å²) in [5.74, 6) is 0.721. The minimum absolute atomic E-state index is 0.0642. The normalized spacial score (nSPS) is 10.8. The van der Waals surface area contributed by atoms with E-state index in [0.29, 0.717) is 25.5 Å². The standard InChI is InChI=1S/C16H26N2O2/c1-13(2)9-11-20-12-10-18-16(19)8-5-14-3-6-15(17)7-4-14/h3-4,6-7,13H,5,8-12,17H2,1-2H3,(H,18,19). The third-order valence-electron chi connectivity index (χ3n) is 3.03. The Hall–Kier alpha value is -1.55. The van der Waals surface area contributed by atoms with Crippen molar-refractivity contribution < 1.29 is 9.53 Å². The molecule has 0 aliphatic rings. The molecule has 4 heteroatoms. The van der Waals surface area contributed by atoms with E-state index in [1.54, 1.807) is 0 Å². The van der Waals surface area contributed by atoms with Crippen LogP contribution in [0.25, 0.3) is 0 Å². The van der Waals surface area contributed by atoms with Gasteiger partial charge in [0, 0.05) is 25.3 Å². The van der Waals surface area contributed by atoms with Crippen LogP contribution in [0.3, 0.4) is 0 Å². The van der Waals surface area contributed by atoms with Gasteiger partial charge in [-0.1, -0.05) is 26.0 Å². The number of nitrogen functional groups attached to an aromatic ring is 1. The molecule has 0 aliphatic heterocycles. The number of benzene rings is 1. The largest absolute Gasteiger partial charge is 0.399 e. The van der Waals surface area contributed by atoms with Gasteiger partial charge in [-0.25, -0.2) is 0 Å². The van der Waals surface area contributed by atoms with Crippen LogP contribution in [0.1, 0.15) is 32.3 Å². The van der Waals surface area contributed by atoms with E-state index in [4.69, 9.17) is 10.5 Å². The molecule has 0 heterocycles. The average Bonchev–Trinajstić information content (AvgIpc) is 2.41. The van der Waals surface area contributed by atoms with Crippen molar-refractivity contribution in [2.24, 2.45) is 5.92 Å². The van der Waals surface area contributed by atoms with Crippen molar-refractivity contribution in [1.29, 1.82) is 0 Å². The topological polar surface area (TPSA) is 64.3 Å². The Bertz CT molecular complexity index is 388. The summed E-state index contributed by atoms with van der Waals surface area (Å²) >= 11 is 0. The number of hydrogen-bond acceptors (Lipinski definition) is 3. The number of amides is 1. The fraction of sp³-hybridized carbons (Fsp3) is 0.562. The monoisotopic (exact) mass is 278 g/mol. The summed E-state index contributed by atoms with van der Waals surface area (Å²) in [6.45, 7) is 6.27. The van der Waals surface area contributed by atoms with Crippen LogP contribution in [-0.2, 0) is 16.0 Å². The predicted octanol–water partition coefficient (Wildman–Crippen LogP) is 2.38. The van der Waals surface area contributed by atoms with Crippen LogP contribution >= 0.6 is 0 Å². The summed E-state index contributed by atoms with van der Waals surface area (Å²) in [5, 5.41) is 2.86. The molecular weight excluding hydrogens is 252 g/mol. The van der Waals surface area contributed by atoms with Crippen LogP contribution < -0.4 is 11.1 Å². The maximum Gasteiger partial charge on any atom is 0.220 e. The fourth-order valence-corrected chi connectivity index (χ4v) is 1.71. The van der Waals surface area contributed by atoms with E-state index in [9.17, 15) is 4.79 Å². The molecule has 0 unspecified atom stereocenters. The molecule has 1 amide bonds. The summed E-state index contributed by atoms with van der Waals surface area (Å²) in [6.07, 6.45) is 2.29. The van der Waals surface area contributed by atoms with E-state index in [1.165, 1.54) is 0 Å². The molecule has 20 heavy (non-hydrogen) atoms. The van der Waals surface area contributed by atoms with Crippen LogP contribution in [0.2, 0.25) is 0 Å². The number of ether oxygens (including phenoxy) is 1. The molecule has 0 aliphatic carbocycles. The van der Waals surface area contributed by atoms with Crippen molar-refractivity contribution >= 4 is 11.6 Å². The Labute approximate surface area is 121 Å². The first-order valence-electron chi connectivity index (χ1n) is 7.27. The predicted molar refractivity (Wildman–Crippen MR) is 82.5 cm³/mol. The van der Waals surface area contributed by atoms with Gasteiger partial charge in [-0.05, 0) is 36.5 Å². The number of hydrogen-bond donors (Lipinski definition) is 2. The molecule has 0 fully saturated rings. The lowest BCUT2D eigenvalue weighted by atomic mass is 10.1. The zero-order valence-electron chi connectivity index (χ0n) is 12.5. The van der Waals surface area contributed by atoms with Gasteiger partial charge in [0.05, 0.1) is 6.61 Å². The van der Waals surface area contributed by atoms with E-state index < -0.39 is 0 Å². The van der Waals surface area contributed by atoms with Gasteiger partial charge in [-0.3, -0.25) is 4.79 Å². The summed E-state index contributed by atoms with van der Waals surface area (Å²) < 4.78 is 5.44. The van der Waals surface area contributed by atoms with Crippen LogP contribution in [-0.4, -0.2) is 25.7 Å². The zero-order valence-corrected chi connectivity index (χ0v) is 12.5. The van der Waals surface area contributed by atoms with Gasteiger partial charge in [0.15, 0.2) is 0 Å². The Morgan fingerprint density at radius 1 is 1.25 bits per heavy atom. The van der Waals surface area contributed by atoms with Crippen LogP contribution in [0.15, 0.2) is 24.3 Å². The number of nitrogens with two attached hydrogens (primary N) is 1. The molecule has 4 nitrogen and oxygen atoms in total. The van der Waals surface area contributed by atoms with Crippen molar-refractivity contribution in [3.63, 3.8) is 0 Å². The second kappa shape index (κ2) is 9.37. The number of rotatable bonds is 9. The van der Waals surface area contributed by atoms with Crippen LogP contribution in [0, 0.1) is 5.92 Å². The third-order valence-corrected chi connectivity index (χ3v) is 3.03. The lowest BCUT2D eigenvalue weighted by Gasteiger charge is -2.08. The molecule has 0 atom stereocenters. The first-order valence-corrected chi connectivity index (χ1v) is 7.27. The molecule has 1 aromatic carbocycles. The second-order valence-corrected chi connectivity index (χ2v) is 5.39. The third kappa shape index (κ3) is 7.79. The van der Waals surface area contributed by atoms with Crippen LogP contribution in [0.5, 0.6) is 0 Å². The summed E-state index contributed by atoms with van der Waals surface area (Å²) in [4.78, 5) is 11.6. The van der Waals surface area contributed by atoms with Gasteiger partial charge in [0.1, 0.15) is 0 Å². The molecule has 0 spiro atoms. The van der Waals surface area contributed by atoms with Gasteiger partial charge in [0.2, 0.25) is 5.91 Å². The van der Waals surface area contributed by atoms with E-state index in [-0.39, 0.29) is 5.91 Å². The summed E-state index contributed by atoms with van der Waals surface area (Å²) in [5.41, 5.74) is 7.49. The molecule has 0 aromatic heterocycles. The van der Waals surface area contributed by atoms with Crippen molar-refractivity contribution in [2.45, 2.75) is 33.1 Å². The minimum Gasteiger partial charge on any atom is -0.399 e. The molecule has 0 saturated carbocycles. The van der Waals surface area contributed by atoms with E-state index in [0.717, 1.165) is 30.7 Å². The first kappa shape index (κ1) is 16.5. The number of carbonyl (C=O) groups excluding carboxylic acids is 1. The molecular formula is C16H26N2O2. The van der Waals surface area contributed by atoms with E-state index in [2.05, 4.69) is 19.2 Å². The molecule has 1 rings (SSSR count). The molecule has 3 N–H and O–H groups in total. The number of aryl methyl sites for hydroxylation is 1. The van der Waals surface area contributed by atoms with Gasteiger partial charge < -0.3 is 15.8 Å². The van der Waals surface area contributed by atoms with Crippen molar-refractivity contribution in [3.05, 3.63) is 29.8 Å².